The second-order valence-corrected chi connectivity index (χ2v) is 6.13. The maximum Gasteiger partial charge on any atom is 0.0595 e. The van der Waals surface area contributed by atoms with Crippen LogP contribution in [0.1, 0.15) is 18.4 Å². The van der Waals surface area contributed by atoms with E-state index in [1.165, 1.54) is 24.9 Å². The molecule has 88 valence electrons. The molecule has 0 amide bonds. The van der Waals surface area contributed by atoms with Crippen LogP contribution in [0, 0.1) is 0 Å². The van der Waals surface area contributed by atoms with Crippen LogP contribution in [0.25, 0.3) is 0 Å². The predicted molar refractivity (Wildman–Crippen MR) is 73.6 cm³/mol. The third-order valence-electron chi connectivity index (χ3n) is 2.72. The number of thioether (sulfide) groups is 1. The van der Waals surface area contributed by atoms with Gasteiger partial charge in [-0.05, 0) is 37.1 Å². The SMILES string of the molecule is Clc1ccc(CSC2CCCNC2)cc1Cl. The number of rotatable bonds is 3. The largest absolute Gasteiger partial charge is 0.316 e. The van der Waals surface area contributed by atoms with E-state index in [4.69, 9.17) is 23.2 Å². The van der Waals surface area contributed by atoms with E-state index >= 15 is 0 Å². The standard InChI is InChI=1S/C12H15Cl2NS/c13-11-4-3-9(6-12(11)14)8-16-10-2-1-5-15-7-10/h3-4,6,10,15H,1-2,5,7-8H2. The van der Waals surface area contributed by atoms with Crippen molar-refractivity contribution in [2.24, 2.45) is 0 Å². The maximum atomic E-state index is 5.98. The van der Waals surface area contributed by atoms with E-state index in [0.29, 0.717) is 10.0 Å². The summed E-state index contributed by atoms with van der Waals surface area (Å²) in [6.07, 6.45) is 2.61. The van der Waals surface area contributed by atoms with Crippen molar-refractivity contribution in [2.75, 3.05) is 13.1 Å². The molecule has 1 saturated heterocycles. The molecule has 16 heavy (non-hydrogen) atoms. The normalized spacial score (nSPS) is 21.0. The third-order valence-corrected chi connectivity index (χ3v) is 4.83. The first-order valence-electron chi connectivity index (χ1n) is 5.52. The zero-order valence-electron chi connectivity index (χ0n) is 9.01. The van der Waals surface area contributed by atoms with Crippen LogP contribution in [0.2, 0.25) is 10.0 Å². The minimum Gasteiger partial charge on any atom is -0.316 e. The Hall–Kier alpha value is 0.110. The Morgan fingerprint density at radius 2 is 2.19 bits per heavy atom. The molecule has 0 radical (unpaired) electrons. The summed E-state index contributed by atoms with van der Waals surface area (Å²) in [5, 5.41) is 5.45. The van der Waals surface area contributed by atoms with Crippen LogP contribution >= 0.6 is 35.0 Å². The van der Waals surface area contributed by atoms with Crippen molar-refractivity contribution >= 4 is 35.0 Å². The monoisotopic (exact) mass is 275 g/mol. The molecule has 1 unspecified atom stereocenters. The number of hydrogen-bond acceptors (Lipinski definition) is 2. The topological polar surface area (TPSA) is 12.0 Å². The highest BCUT2D eigenvalue weighted by molar-refractivity contribution is 7.99. The summed E-state index contributed by atoms with van der Waals surface area (Å²) in [5.74, 6) is 1.02. The lowest BCUT2D eigenvalue weighted by molar-refractivity contribution is 0.531. The lowest BCUT2D eigenvalue weighted by Crippen LogP contribution is -2.31. The fourth-order valence-corrected chi connectivity index (χ4v) is 3.30. The minimum absolute atomic E-state index is 0.634. The average molecular weight is 276 g/mol. The van der Waals surface area contributed by atoms with Crippen LogP contribution in [0.5, 0.6) is 0 Å². The van der Waals surface area contributed by atoms with Crippen LogP contribution < -0.4 is 5.32 Å². The van der Waals surface area contributed by atoms with E-state index in [-0.39, 0.29) is 0 Å². The molecule has 4 heteroatoms. The fraction of sp³-hybridized carbons (Fsp3) is 0.500. The predicted octanol–water partition coefficient (Wildman–Crippen LogP) is 3.98. The summed E-state index contributed by atoms with van der Waals surface area (Å²) < 4.78 is 0. The van der Waals surface area contributed by atoms with Gasteiger partial charge in [-0.1, -0.05) is 29.3 Å². The number of benzene rings is 1. The summed E-state index contributed by atoms with van der Waals surface area (Å²) >= 11 is 13.9. The zero-order chi connectivity index (χ0) is 11.4. The highest BCUT2D eigenvalue weighted by Crippen LogP contribution is 2.27. The number of piperidine rings is 1. The molecule has 0 bridgehead atoms. The molecule has 0 saturated carbocycles. The minimum atomic E-state index is 0.634. The van der Waals surface area contributed by atoms with Gasteiger partial charge in [-0.15, -0.1) is 0 Å². The van der Waals surface area contributed by atoms with Crippen molar-refractivity contribution in [3.8, 4) is 0 Å². The molecular weight excluding hydrogens is 261 g/mol. The van der Waals surface area contributed by atoms with Gasteiger partial charge in [0, 0.05) is 17.5 Å². The number of nitrogens with one attached hydrogen (secondary N) is 1. The Morgan fingerprint density at radius 3 is 2.88 bits per heavy atom. The summed E-state index contributed by atoms with van der Waals surface area (Å²) in [5.41, 5.74) is 1.25. The molecule has 1 fully saturated rings. The summed E-state index contributed by atoms with van der Waals surface area (Å²) in [6.45, 7) is 2.30. The van der Waals surface area contributed by atoms with Crippen LogP contribution in [0.4, 0.5) is 0 Å². The van der Waals surface area contributed by atoms with E-state index in [9.17, 15) is 0 Å². The van der Waals surface area contributed by atoms with Crippen molar-refractivity contribution in [3.63, 3.8) is 0 Å². The van der Waals surface area contributed by atoms with Crippen LogP contribution in [0.15, 0.2) is 18.2 Å². The van der Waals surface area contributed by atoms with E-state index in [2.05, 4.69) is 11.4 Å². The Labute approximate surface area is 111 Å². The first-order valence-corrected chi connectivity index (χ1v) is 7.32. The molecule has 1 atom stereocenters. The Balaban J connectivity index is 1.86. The van der Waals surface area contributed by atoms with E-state index < -0.39 is 0 Å². The second-order valence-electron chi connectivity index (χ2n) is 4.03. The molecule has 1 aromatic rings. The molecule has 0 aromatic heterocycles. The first kappa shape index (κ1) is 12.6. The Morgan fingerprint density at radius 1 is 1.31 bits per heavy atom. The third kappa shape index (κ3) is 3.56. The van der Waals surface area contributed by atoms with E-state index in [0.717, 1.165) is 17.5 Å². The van der Waals surface area contributed by atoms with Gasteiger partial charge >= 0.3 is 0 Å². The van der Waals surface area contributed by atoms with Gasteiger partial charge in [0.05, 0.1) is 10.0 Å². The van der Waals surface area contributed by atoms with Gasteiger partial charge in [0.2, 0.25) is 0 Å². The fourth-order valence-electron chi connectivity index (χ4n) is 1.81. The second kappa shape index (κ2) is 6.15. The van der Waals surface area contributed by atoms with Gasteiger partial charge in [-0.25, -0.2) is 0 Å². The quantitative estimate of drug-likeness (QED) is 0.896. The molecule has 1 N–H and O–H groups in total. The van der Waals surface area contributed by atoms with Gasteiger partial charge in [0.1, 0.15) is 0 Å². The van der Waals surface area contributed by atoms with Crippen LogP contribution in [-0.2, 0) is 5.75 Å². The molecule has 0 spiro atoms. The van der Waals surface area contributed by atoms with Crippen molar-refractivity contribution in [1.29, 1.82) is 0 Å². The number of halogens is 2. The summed E-state index contributed by atoms with van der Waals surface area (Å²) in [7, 11) is 0. The van der Waals surface area contributed by atoms with Crippen molar-refractivity contribution < 1.29 is 0 Å². The highest BCUT2D eigenvalue weighted by Gasteiger charge is 2.13. The lowest BCUT2D eigenvalue weighted by Gasteiger charge is -2.22. The molecule has 2 rings (SSSR count). The first-order chi connectivity index (χ1) is 7.75. The average Bonchev–Trinajstić information content (AvgIpc) is 2.32. The lowest BCUT2D eigenvalue weighted by atomic mass is 10.2. The van der Waals surface area contributed by atoms with E-state index in [1.54, 1.807) is 0 Å². The van der Waals surface area contributed by atoms with Crippen molar-refractivity contribution in [2.45, 2.75) is 23.8 Å². The number of hydrogen-bond donors (Lipinski definition) is 1. The van der Waals surface area contributed by atoms with Crippen molar-refractivity contribution in [1.82, 2.24) is 5.32 Å². The maximum absolute atomic E-state index is 5.98. The molecule has 0 aliphatic carbocycles. The van der Waals surface area contributed by atoms with Crippen LogP contribution in [-0.4, -0.2) is 18.3 Å². The summed E-state index contributed by atoms with van der Waals surface area (Å²) in [6, 6.07) is 5.89. The highest BCUT2D eigenvalue weighted by atomic mass is 35.5. The Kier molecular flexibility index (Phi) is 4.83. The van der Waals surface area contributed by atoms with Crippen LogP contribution in [0.3, 0.4) is 0 Å². The molecule has 1 aromatic carbocycles. The van der Waals surface area contributed by atoms with E-state index in [1.807, 2.05) is 23.9 Å². The smallest absolute Gasteiger partial charge is 0.0595 e. The molecule has 1 heterocycles. The molecule has 1 aliphatic heterocycles. The van der Waals surface area contributed by atoms with Gasteiger partial charge in [-0.3, -0.25) is 0 Å². The summed E-state index contributed by atoms with van der Waals surface area (Å²) in [4.78, 5) is 0. The Bertz CT molecular complexity index is 351. The van der Waals surface area contributed by atoms with Gasteiger partial charge in [0.15, 0.2) is 0 Å². The van der Waals surface area contributed by atoms with Crippen molar-refractivity contribution in [3.05, 3.63) is 33.8 Å². The zero-order valence-corrected chi connectivity index (χ0v) is 11.3. The molecular formula is C12H15Cl2NS. The molecule has 1 aliphatic rings. The van der Waals surface area contributed by atoms with Gasteiger partial charge < -0.3 is 5.32 Å². The van der Waals surface area contributed by atoms with Gasteiger partial charge in [-0.2, -0.15) is 11.8 Å². The molecule has 1 nitrogen and oxygen atoms in total. The van der Waals surface area contributed by atoms with Gasteiger partial charge in [0.25, 0.3) is 0 Å².